The van der Waals surface area contributed by atoms with E-state index in [-0.39, 0.29) is 48.6 Å². The fourth-order valence-corrected chi connectivity index (χ4v) is 6.67. The number of nitrogens with two attached hydrogens (primary N) is 1. The summed E-state index contributed by atoms with van der Waals surface area (Å²) < 4.78 is 28.7. The molecule has 11 nitrogen and oxygen atoms in total. The molecule has 40 heavy (non-hydrogen) atoms. The van der Waals surface area contributed by atoms with Gasteiger partial charge in [-0.3, -0.25) is 19.2 Å². The second kappa shape index (κ2) is 12.5. The van der Waals surface area contributed by atoms with Gasteiger partial charge in [0.25, 0.3) is 0 Å². The number of hydrogen-bond acceptors (Lipinski definition) is 6. The lowest BCUT2D eigenvalue weighted by Crippen LogP contribution is -2.55. The fourth-order valence-electron chi connectivity index (χ4n) is 5.23. The lowest BCUT2D eigenvalue weighted by molar-refractivity contribution is -0.144. The monoisotopic (exact) mass is 591 g/mol. The summed E-state index contributed by atoms with van der Waals surface area (Å²) in [5.41, 5.74) is 5.11. The van der Waals surface area contributed by atoms with Gasteiger partial charge in [0.15, 0.2) is 0 Å². The number of nitrogens with zero attached hydrogens (tertiary/aromatic N) is 2. The lowest BCUT2D eigenvalue weighted by atomic mass is 10.0. The Hall–Kier alpha value is -3.22. The number of amides is 4. The number of likely N-dealkylation sites (tertiary alicyclic amines) is 2. The number of piperidine rings is 1. The van der Waals surface area contributed by atoms with Gasteiger partial charge in [0.2, 0.25) is 33.7 Å². The van der Waals surface area contributed by atoms with Crippen molar-refractivity contribution >= 4 is 56.0 Å². The van der Waals surface area contributed by atoms with Crippen LogP contribution >= 0.6 is 11.6 Å². The topological polar surface area (TPSA) is 159 Å². The van der Waals surface area contributed by atoms with E-state index in [2.05, 4.69) is 10.0 Å². The molecular weight excluding hydrogens is 558 g/mol. The van der Waals surface area contributed by atoms with Crippen molar-refractivity contribution in [2.24, 2.45) is 5.73 Å². The van der Waals surface area contributed by atoms with Gasteiger partial charge in [-0.15, -0.1) is 0 Å². The molecule has 2 aromatic rings. The van der Waals surface area contributed by atoms with Crippen LogP contribution in [0.2, 0.25) is 5.02 Å². The molecule has 3 atom stereocenters. The van der Waals surface area contributed by atoms with Crippen LogP contribution in [0.1, 0.15) is 45.4 Å². The number of benzene rings is 2. The van der Waals surface area contributed by atoms with Gasteiger partial charge in [0.05, 0.1) is 4.90 Å². The largest absolute Gasteiger partial charge is 0.370 e. The van der Waals surface area contributed by atoms with Crippen LogP contribution in [0.25, 0.3) is 10.8 Å². The zero-order chi connectivity index (χ0) is 29.0. The lowest BCUT2D eigenvalue weighted by Gasteiger charge is -2.36. The molecule has 216 valence electrons. The zero-order valence-electron chi connectivity index (χ0n) is 22.3. The number of carbonyl (C=O) groups excluding carboxylic acids is 4. The highest BCUT2D eigenvalue weighted by atomic mass is 35.5. The van der Waals surface area contributed by atoms with Gasteiger partial charge in [-0.2, -0.15) is 4.72 Å². The van der Waals surface area contributed by atoms with Crippen molar-refractivity contribution in [3.63, 3.8) is 0 Å². The fraction of sp³-hybridized carbons (Fsp3) is 0.481. The Morgan fingerprint density at radius 2 is 1.80 bits per heavy atom. The Bertz CT molecular complexity index is 1420. The number of rotatable bonds is 10. The molecule has 4 amide bonds. The van der Waals surface area contributed by atoms with Gasteiger partial charge in [0, 0.05) is 43.5 Å². The van der Waals surface area contributed by atoms with E-state index in [1.54, 1.807) is 36.1 Å². The highest BCUT2D eigenvalue weighted by Gasteiger charge is 2.40. The second-order valence-electron chi connectivity index (χ2n) is 10.3. The first-order valence-electron chi connectivity index (χ1n) is 13.3. The number of fused-ring (bicyclic) bond motifs is 1. The molecule has 2 heterocycles. The molecule has 0 aliphatic carbocycles. The molecule has 2 fully saturated rings. The van der Waals surface area contributed by atoms with Crippen molar-refractivity contribution in [2.75, 3.05) is 19.6 Å². The van der Waals surface area contributed by atoms with Crippen LogP contribution < -0.4 is 15.8 Å². The summed E-state index contributed by atoms with van der Waals surface area (Å²) in [7, 11) is -3.99. The minimum atomic E-state index is -3.99. The number of primary amides is 1. The van der Waals surface area contributed by atoms with Crippen LogP contribution in [-0.4, -0.2) is 79.6 Å². The molecule has 0 aromatic heterocycles. The van der Waals surface area contributed by atoms with E-state index >= 15 is 0 Å². The molecular formula is C27H34ClN5O6S. The van der Waals surface area contributed by atoms with Crippen LogP contribution in [0, 0.1) is 0 Å². The summed E-state index contributed by atoms with van der Waals surface area (Å²) >= 11 is 6.01. The van der Waals surface area contributed by atoms with Crippen molar-refractivity contribution < 1.29 is 27.6 Å². The smallest absolute Gasteiger partial charge is 0.245 e. The van der Waals surface area contributed by atoms with Crippen LogP contribution in [0.4, 0.5) is 0 Å². The van der Waals surface area contributed by atoms with E-state index in [4.69, 9.17) is 17.3 Å². The number of sulfonamides is 1. The van der Waals surface area contributed by atoms with Gasteiger partial charge in [-0.1, -0.05) is 23.7 Å². The van der Waals surface area contributed by atoms with Crippen LogP contribution in [0.15, 0.2) is 41.3 Å². The van der Waals surface area contributed by atoms with Gasteiger partial charge < -0.3 is 20.9 Å². The first-order chi connectivity index (χ1) is 18.9. The maximum atomic E-state index is 13.3. The molecule has 0 saturated carbocycles. The Morgan fingerprint density at radius 1 is 1.07 bits per heavy atom. The average molecular weight is 592 g/mol. The molecule has 0 spiro atoms. The standard InChI is InChI=1S/C27H34ClN5O6S/c1-17(26(36)32-12-3-4-21(16-32)30-25(35)6-2-5-24(29)34)33-13-11-23(27(33)37)31-40(38,39)22-10-8-18-14-20(28)9-7-19(18)15-22/h7-10,14-15,17,21,23,31H,2-6,11-13,16H2,1H3,(H2,29,34)(H,30,35)/t17-,21?,23-/m0/s1. The number of nitrogens with one attached hydrogen (secondary N) is 2. The molecule has 2 aromatic carbocycles. The van der Waals surface area contributed by atoms with E-state index in [1.807, 2.05) is 0 Å². The predicted molar refractivity (Wildman–Crippen MR) is 150 cm³/mol. The van der Waals surface area contributed by atoms with Gasteiger partial charge in [0.1, 0.15) is 12.1 Å². The number of hydrogen-bond donors (Lipinski definition) is 3. The van der Waals surface area contributed by atoms with Crippen molar-refractivity contribution in [1.29, 1.82) is 0 Å². The highest BCUT2D eigenvalue weighted by Crippen LogP contribution is 2.24. The summed E-state index contributed by atoms with van der Waals surface area (Å²) in [4.78, 5) is 52.6. The van der Waals surface area contributed by atoms with E-state index in [1.165, 1.54) is 17.0 Å². The maximum Gasteiger partial charge on any atom is 0.245 e. The van der Waals surface area contributed by atoms with Crippen molar-refractivity contribution in [3.8, 4) is 0 Å². The highest BCUT2D eigenvalue weighted by molar-refractivity contribution is 7.89. The average Bonchev–Trinajstić information content (AvgIpc) is 3.26. The SMILES string of the molecule is C[C@@H](C(=O)N1CCCC(NC(=O)CCCC(N)=O)C1)N1CC[C@H](NS(=O)(=O)c2ccc3cc(Cl)ccc3c2)C1=O. The minimum absolute atomic E-state index is 0.0359. The number of halogens is 1. The third-order valence-corrected chi connectivity index (χ3v) is 9.08. The quantitative estimate of drug-likeness (QED) is 0.380. The Labute approximate surface area is 238 Å². The van der Waals surface area contributed by atoms with Crippen molar-refractivity contribution in [3.05, 3.63) is 41.4 Å². The molecule has 0 radical (unpaired) electrons. The van der Waals surface area contributed by atoms with Crippen molar-refractivity contribution in [1.82, 2.24) is 19.8 Å². The van der Waals surface area contributed by atoms with Gasteiger partial charge >= 0.3 is 0 Å². The summed E-state index contributed by atoms with van der Waals surface area (Å²) in [5.74, 6) is -1.36. The third-order valence-electron chi connectivity index (χ3n) is 7.37. The normalized spacial score (nSPS) is 20.5. The van der Waals surface area contributed by atoms with Crippen LogP contribution in [0.5, 0.6) is 0 Å². The Kier molecular flexibility index (Phi) is 9.32. The van der Waals surface area contributed by atoms with E-state index in [0.717, 1.165) is 5.39 Å². The summed E-state index contributed by atoms with van der Waals surface area (Å²) in [6.07, 6.45) is 2.33. The molecule has 1 unspecified atom stereocenters. The zero-order valence-corrected chi connectivity index (χ0v) is 23.8. The number of carbonyl (C=O) groups is 4. The van der Waals surface area contributed by atoms with E-state index in [0.29, 0.717) is 42.8 Å². The molecule has 13 heteroatoms. The molecule has 4 N–H and O–H groups in total. The Balaban J connectivity index is 1.34. The molecule has 2 aliphatic heterocycles. The first kappa shape index (κ1) is 29.8. The third kappa shape index (κ3) is 7.10. The summed E-state index contributed by atoms with van der Waals surface area (Å²) in [5, 5.41) is 4.95. The summed E-state index contributed by atoms with van der Waals surface area (Å²) in [6, 6.07) is 7.82. The predicted octanol–water partition coefficient (Wildman–Crippen LogP) is 1.52. The molecule has 0 bridgehead atoms. The van der Waals surface area contributed by atoms with Gasteiger partial charge in [-0.05, 0) is 67.6 Å². The molecule has 2 saturated heterocycles. The second-order valence-corrected chi connectivity index (χ2v) is 12.5. The maximum absolute atomic E-state index is 13.3. The first-order valence-corrected chi connectivity index (χ1v) is 15.2. The van der Waals surface area contributed by atoms with Crippen LogP contribution in [0.3, 0.4) is 0 Å². The summed E-state index contributed by atoms with van der Waals surface area (Å²) in [6.45, 7) is 2.69. The molecule has 4 rings (SSSR count). The minimum Gasteiger partial charge on any atom is -0.370 e. The van der Waals surface area contributed by atoms with E-state index in [9.17, 15) is 27.6 Å². The van der Waals surface area contributed by atoms with Gasteiger partial charge in [-0.25, -0.2) is 8.42 Å². The Morgan fingerprint density at radius 3 is 2.55 bits per heavy atom. The van der Waals surface area contributed by atoms with E-state index < -0.39 is 33.9 Å². The van der Waals surface area contributed by atoms with Crippen LogP contribution in [-0.2, 0) is 29.2 Å². The van der Waals surface area contributed by atoms with Crippen molar-refractivity contribution in [2.45, 2.75) is 68.5 Å². The molecule has 2 aliphatic rings.